The van der Waals surface area contributed by atoms with E-state index in [0.717, 1.165) is 38.3 Å². The van der Waals surface area contributed by atoms with Crippen LogP contribution in [0.3, 0.4) is 0 Å². The number of piperidine rings is 1. The van der Waals surface area contributed by atoms with Crippen molar-refractivity contribution < 1.29 is 4.79 Å². The summed E-state index contributed by atoms with van der Waals surface area (Å²) in [7, 11) is 0. The molecule has 0 amide bonds. The number of hydrogen-bond acceptors (Lipinski definition) is 2. The summed E-state index contributed by atoms with van der Waals surface area (Å²) in [5.74, 6) is 1.92. The molecule has 5 aliphatic rings. The maximum Gasteiger partial charge on any atom is 0.139 e. The predicted octanol–water partition coefficient (Wildman–Crippen LogP) is 6.29. The van der Waals surface area contributed by atoms with Crippen LogP contribution in [0.4, 0.5) is 0 Å². The summed E-state index contributed by atoms with van der Waals surface area (Å²) < 4.78 is 0. The Morgan fingerprint density at radius 3 is 2.60 bits per heavy atom. The molecule has 1 aromatic rings. The van der Waals surface area contributed by atoms with Gasteiger partial charge in [-0.3, -0.25) is 4.79 Å². The standard InChI is InChI=1S/C28H41NO/c1-4-11-26-14-21-15-27(17-26,22-8-6-5-7-9-22)19-28(16-21,18-26)24(30)13-23-10-12-29-20-25(23,2)3/h5-9,21,23,29H,4,10-20H2,1-3H3/t21?,23?,26-,27-,28?/m1/s1. The molecular weight excluding hydrogens is 366 g/mol. The monoisotopic (exact) mass is 407 g/mol. The molecule has 6 rings (SSSR count). The van der Waals surface area contributed by atoms with E-state index >= 15 is 0 Å². The molecule has 3 unspecified atom stereocenters. The van der Waals surface area contributed by atoms with Gasteiger partial charge in [-0.2, -0.15) is 0 Å². The lowest BCUT2D eigenvalue weighted by Gasteiger charge is -2.67. The Morgan fingerprint density at radius 1 is 1.07 bits per heavy atom. The second kappa shape index (κ2) is 7.19. The van der Waals surface area contributed by atoms with Gasteiger partial charge >= 0.3 is 0 Å². The Morgan fingerprint density at radius 2 is 1.87 bits per heavy atom. The molecule has 5 atom stereocenters. The van der Waals surface area contributed by atoms with Gasteiger partial charge in [0.05, 0.1) is 0 Å². The first-order valence-corrected chi connectivity index (χ1v) is 12.6. The highest BCUT2D eigenvalue weighted by atomic mass is 16.1. The molecule has 2 heteroatoms. The fraction of sp³-hybridized carbons (Fsp3) is 0.750. The molecule has 1 aromatic carbocycles. The van der Waals surface area contributed by atoms with Crippen molar-refractivity contribution in [2.45, 2.75) is 90.4 Å². The van der Waals surface area contributed by atoms with Gasteiger partial charge in [-0.15, -0.1) is 0 Å². The van der Waals surface area contributed by atoms with Crippen molar-refractivity contribution in [1.82, 2.24) is 5.32 Å². The van der Waals surface area contributed by atoms with E-state index in [1.165, 1.54) is 50.5 Å². The Hall–Kier alpha value is -1.15. The van der Waals surface area contributed by atoms with Crippen molar-refractivity contribution in [3.05, 3.63) is 35.9 Å². The van der Waals surface area contributed by atoms with Crippen LogP contribution in [0.1, 0.15) is 90.5 Å². The van der Waals surface area contributed by atoms with Crippen molar-refractivity contribution in [3.63, 3.8) is 0 Å². The number of ketones is 1. The van der Waals surface area contributed by atoms with Crippen LogP contribution < -0.4 is 5.32 Å². The molecule has 0 spiro atoms. The van der Waals surface area contributed by atoms with Crippen LogP contribution >= 0.6 is 0 Å². The topological polar surface area (TPSA) is 29.1 Å². The van der Waals surface area contributed by atoms with E-state index in [-0.39, 0.29) is 16.2 Å². The summed E-state index contributed by atoms with van der Waals surface area (Å²) in [6, 6.07) is 11.3. The number of rotatable bonds is 6. The molecule has 2 nitrogen and oxygen atoms in total. The van der Waals surface area contributed by atoms with Crippen molar-refractivity contribution in [2.75, 3.05) is 13.1 Å². The third kappa shape index (κ3) is 3.29. The molecule has 4 aliphatic carbocycles. The third-order valence-electron chi connectivity index (χ3n) is 9.73. The normalized spacial score (nSPS) is 41.7. The average Bonchev–Trinajstić information content (AvgIpc) is 2.69. The van der Waals surface area contributed by atoms with Crippen LogP contribution in [-0.4, -0.2) is 18.9 Å². The Balaban J connectivity index is 1.49. The fourth-order valence-corrected chi connectivity index (χ4v) is 8.91. The lowest BCUT2D eigenvalue weighted by molar-refractivity contribution is -0.163. The predicted molar refractivity (Wildman–Crippen MR) is 123 cm³/mol. The molecule has 1 N–H and O–H groups in total. The molecule has 1 heterocycles. The van der Waals surface area contributed by atoms with Crippen LogP contribution in [0.5, 0.6) is 0 Å². The molecule has 0 aromatic heterocycles. The summed E-state index contributed by atoms with van der Waals surface area (Å²) in [4.78, 5) is 14.2. The second-order valence-corrected chi connectivity index (χ2v) is 12.5. The number of carbonyl (C=O) groups excluding carboxylic acids is 1. The Kier molecular flexibility index (Phi) is 4.97. The molecule has 30 heavy (non-hydrogen) atoms. The first-order valence-electron chi connectivity index (χ1n) is 12.6. The molecule has 1 aliphatic heterocycles. The van der Waals surface area contributed by atoms with Crippen molar-refractivity contribution in [3.8, 4) is 0 Å². The van der Waals surface area contributed by atoms with Crippen LogP contribution in [0.2, 0.25) is 0 Å². The zero-order chi connectivity index (χ0) is 21.0. The highest BCUT2D eigenvalue weighted by molar-refractivity contribution is 5.86. The Labute approximate surface area is 183 Å². The Bertz CT molecular complexity index is 800. The molecule has 4 saturated carbocycles. The van der Waals surface area contributed by atoms with Gasteiger partial charge in [-0.25, -0.2) is 0 Å². The maximum atomic E-state index is 14.2. The number of carbonyl (C=O) groups is 1. The van der Waals surface area contributed by atoms with Crippen LogP contribution in [0.25, 0.3) is 0 Å². The first-order chi connectivity index (χ1) is 14.3. The summed E-state index contributed by atoms with van der Waals surface area (Å²) in [5, 5.41) is 3.55. The number of Topliss-reactive ketones (excluding diaryl/α,β-unsaturated/α-hetero) is 1. The number of hydrogen-bond donors (Lipinski definition) is 1. The summed E-state index contributed by atoms with van der Waals surface area (Å²) in [6.07, 6.45) is 12.0. The maximum absolute atomic E-state index is 14.2. The van der Waals surface area contributed by atoms with Gasteiger partial charge in [-0.1, -0.05) is 57.5 Å². The highest BCUT2D eigenvalue weighted by Gasteiger charge is 2.65. The smallest absolute Gasteiger partial charge is 0.139 e. The lowest BCUT2D eigenvalue weighted by atomic mass is 9.37. The summed E-state index contributed by atoms with van der Waals surface area (Å²) >= 11 is 0. The van der Waals surface area contributed by atoms with Crippen molar-refractivity contribution >= 4 is 5.78 Å². The van der Waals surface area contributed by atoms with E-state index in [1.807, 2.05) is 0 Å². The highest BCUT2D eigenvalue weighted by Crippen LogP contribution is 2.71. The van der Waals surface area contributed by atoms with E-state index in [2.05, 4.69) is 56.4 Å². The minimum Gasteiger partial charge on any atom is -0.316 e. The van der Waals surface area contributed by atoms with Gasteiger partial charge in [0.15, 0.2) is 0 Å². The quantitative estimate of drug-likeness (QED) is 0.600. The van der Waals surface area contributed by atoms with E-state index in [0.29, 0.717) is 17.1 Å². The van der Waals surface area contributed by atoms with Crippen LogP contribution in [0.15, 0.2) is 30.3 Å². The zero-order valence-corrected chi connectivity index (χ0v) is 19.4. The molecule has 0 radical (unpaired) electrons. The van der Waals surface area contributed by atoms with Gasteiger partial charge in [-0.05, 0) is 91.6 Å². The average molecular weight is 408 g/mol. The van der Waals surface area contributed by atoms with Gasteiger partial charge in [0.25, 0.3) is 0 Å². The summed E-state index contributed by atoms with van der Waals surface area (Å²) in [5.41, 5.74) is 2.35. The summed E-state index contributed by atoms with van der Waals surface area (Å²) in [6.45, 7) is 9.19. The van der Waals surface area contributed by atoms with Crippen LogP contribution in [0, 0.1) is 28.1 Å². The van der Waals surface area contributed by atoms with E-state index in [9.17, 15) is 4.79 Å². The van der Waals surface area contributed by atoms with Crippen LogP contribution in [-0.2, 0) is 10.2 Å². The molecule has 4 bridgehead atoms. The van der Waals surface area contributed by atoms with Gasteiger partial charge < -0.3 is 5.32 Å². The van der Waals surface area contributed by atoms with Crippen molar-refractivity contribution in [1.29, 1.82) is 0 Å². The first kappa shape index (κ1) is 20.7. The number of benzene rings is 1. The lowest BCUT2D eigenvalue weighted by Crippen LogP contribution is -2.61. The van der Waals surface area contributed by atoms with Gasteiger partial charge in [0.1, 0.15) is 5.78 Å². The third-order valence-corrected chi connectivity index (χ3v) is 9.73. The zero-order valence-electron chi connectivity index (χ0n) is 19.4. The minimum absolute atomic E-state index is 0.0502. The molecule has 164 valence electrons. The van der Waals surface area contributed by atoms with Gasteiger partial charge in [0.2, 0.25) is 0 Å². The van der Waals surface area contributed by atoms with E-state index in [4.69, 9.17) is 0 Å². The minimum atomic E-state index is -0.0502. The SMILES string of the molecule is CCC[C@]12CC3CC(C(=O)CC4CCNCC4(C)C)(C1)C[C@@](c1ccccc1)(C3)C2. The molecular formula is C28H41NO. The van der Waals surface area contributed by atoms with E-state index < -0.39 is 0 Å². The number of nitrogens with one attached hydrogen (secondary N) is 1. The van der Waals surface area contributed by atoms with Gasteiger partial charge in [0, 0.05) is 18.4 Å². The van der Waals surface area contributed by atoms with E-state index in [1.54, 1.807) is 0 Å². The largest absolute Gasteiger partial charge is 0.316 e. The van der Waals surface area contributed by atoms with Crippen molar-refractivity contribution in [2.24, 2.45) is 28.1 Å². The second-order valence-electron chi connectivity index (χ2n) is 12.5. The molecule has 1 saturated heterocycles. The fourth-order valence-electron chi connectivity index (χ4n) is 8.91. The molecule has 5 fully saturated rings.